The Morgan fingerprint density at radius 2 is 1.80 bits per heavy atom. The van der Waals surface area contributed by atoms with Gasteiger partial charge in [-0.1, -0.05) is 40.2 Å². The van der Waals surface area contributed by atoms with Crippen molar-refractivity contribution in [3.05, 3.63) is 76.8 Å². The fourth-order valence-corrected chi connectivity index (χ4v) is 2.74. The maximum Gasteiger partial charge on any atom is 0.234 e. The molecule has 1 amide bonds. The van der Waals surface area contributed by atoms with E-state index in [0.717, 1.165) is 21.3 Å². The van der Waals surface area contributed by atoms with E-state index in [-0.39, 0.29) is 5.91 Å². The van der Waals surface area contributed by atoms with Gasteiger partial charge in [-0.15, -0.1) is 0 Å². The van der Waals surface area contributed by atoms with Crippen LogP contribution in [0.1, 0.15) is 25.0 Å². The molecule has 1 aromatic heterocycles. The van der Waals surface area contributed by atoms with Crippen LogP contribution in [0.3, 0.4) is 0 Å². The summed E-state index contributed by atoms with van der Waals surface area (Å²) in [5, 5.41) is 7.08. The lowest BCUT2D eigenvalue weighted by atomic mass is 9.83. The normalized spacial score (nSPS) is 11.3. The van der Waals surface area contributed by atoms with Crippen LogP contribution in [0, 0.1) is 0 Å². The Kier molecular flexibility index (Phi) is 4.99. The smallest absolute Gasteiger partial charge is 0.234 e. The third-order valence-corrected chi connectivity index (χ3v) is 4.69. The second-order valence-electron chi connectivity index (χ2n) is 6.38. The van der Waals surface area contributed by atoms with Gasteiger partial charge in [-0.25, -0.2) is 9.67 Å². The van der Waals surface area contributed by atoms with Gasteiger partial charge in [0.1, 0.15) is 12.7 Å². The first kappa shape index (κ1) is 17.4. The molecule has 0 atom stereocenters. The van der Waals surface area contributed by atoms with Crippen LogP contribution in [0.2, 0.25) is 0 Å². The molecule has 0 spiro atoms. The van der Waals surface area contributed by atoms with Crippen LogP contribution in [0.5, 0.6) is 0 Å². The zero-order valence-electron chi connectivity index (χ0n) is 14.1. The van der Waals surface area contributed by atoms with E-state index in [0.29, 0.717) is 6.54 Å². The van der Waals surface area contributed by atoms with E-state index in [1.54, 1.807) is 11.0 Å². The SMILES string of the molecule is CC(C)(C(=O)Nc1ccc(Cn2cncn2)cc1)c1ccc(Br)cc1. The number of hydrogen-bond acceptors (Lipinski definition) is 3. The molecule has 1 N–H and O–H groups in total. The van der Waals surface area contributed by atoms with Crippen LogP contribution < -0.4 is 5.32 Å². The van der Waals surface area contributed by atoms with Crippen molar-refractivity contribution in [1.29, 1.82) is 0 Å². The van der Waals surface area contributed by atoms with Crippen molar-refractivity contribution in [2.45, 2.75) is 25.8 Å². The molecule has 6 heteroatoms. The molecule has 1 heterocycles. The fraction of sp³-hybridized carbons (Fsp3) is 0.211. The molecule has 3 aromatic rings. The molecular weight excluding hydrogens is 380 g/mol. The lowest BCUT2D eigenvalue weighted by Gasteiger charge is -2.24. The van der Waals surface area contributed by atoms with Gasteiger partial charge >= 0.3 is 0 Å². The summed E-state index contributed by atoms with van der Waals surface area (Å²) in [6.07, 6.45) is 3.19. The number of rotatable bonds is 5. The van der Waals surface area contributed by atoms with Crippen molar-refractivity contribution in [3.8, 4) is 0 Å². The van der Waals surface area contributed by atoms with E-state index < -0.39 is 5.41 Å². The van der Waals surface area contributed by atoms with Crippen LogP contribution in [0.4, 0.5) is 5.69 Å². The number of aromatic nitrogens is 3. The number of halogens is 1. The second kappa shape index (κ2) is 7.19. The van der Waals surface area contributed by atoms with Gasteiger partial charge in [0.25, 0.3) is 0 Å². The molecule has 0 bridgehead atoms. The summed E-state index contributed by atoms with van der Waals surface area (Å²) in [7, 11) is 0. The molecule has 0 unspecified atom stereocenters. The number of hydrogen-bond donors (Lipinski definition) is 1. The molecule has 0 aliphatic carbocycles. The summed E-state index contributed by atoms with van der Waals surface area (Å²) in [6, 6.07) is 15.6. The van der Waals surface area contributed by atoms with E-state index >= 15 is 0 Å². The predicted molar refractivity (Wildman–Crippen MR) is 101 cm³/mol. The monoisotopic (exact) mass is 398 g/mol. The van der Waals surface area contributed by atoms with Gasteiger partial charge in [0.05, 0.1) is 12.0 Å². The number of nitrogens with zero attached hydrogens (tertiary/aromatic N) is 3. The molecule has 0 saturated carbocycles. The molecule has 128 valence electrons. The van der Waals surface area contributed by atoms with Crippen molar-refractivity contribution < 1.29 is 4.79 Å². The molecule has 25 heavy (non-hydrogen) atoms. The molecule has 0 aliphatic heterocycles. The van der Waals surface area contributed by atoms with E-state index in [1.165, 1.54) is 6.33 Å². The van der Waals surface area contributed by atoms with Gasteiger partial charge in [-0.3, -0.25) is 4.79 Å². The van der Waals surface area contributed by atoms with Crippen LogP contribution in [0.15, 0.2) is 65.7 Å². The Bertz CT molecular complexity index is 840. The van der Waals surface area contributed by atoms with Crippen molar-refractivity contribution in [3.63, 3.8) is 0 Å². The maximum absolute atomic E-state index is 12.7. The first-order valence-corrected chi connectivity index (χ1v) is 8.73. The third-order valence-electron chi connectivity index (χ3n) is 4.16. The number of nitrogens with one attached hydrogen (secondary N) is 1. The summed E-state index contributed by atoms with van der Waals surface area (Å²) in [4.78, 5) is 16.6. The maximum atomic E-state index is 12.7. The first-order chi connectivity index (χ1) is 11.9. The number of carbonyl (C=O) groups excluding carboxylic acids is 1. The van der Waals surface area contributed by atoms with Gasteiger partial charge in [-0.05, 0) is 49.2 Å². The molecule has 0 aliphatic rings. The zero-order valence-corrected chi connectivity index (χ0v) is 15.7. The summed E-state index contributed by atoms with van der Waals surface area (Å²) < 4.78 is 2.75. The minimum Gasteiger partial charge on any atom is -0.325 e. The number of carbonyl (C=O) groups is 1. The molecule has 0 radical (unpaired) electrons. The van der Waals surface area contributed by atoms with Crippen LogP contribution in [-0.4, -0.2) is 20.7 Å². The Hall–Kier alpha value is -2.47. The third kappa shape index (κ3) is 4.14. The number of benzene rings is 2. The van der Waals surface area contributed by atoms with Gasteiger partial charge in [-0.2, -0.15) is 5.10 Å². The minimum atomic E-state index is -0.625. The van der Waals surface area contributed by atoms with E-state index in [9.17, 15) is 4.79 Å². The van der Waals surface area contributed by atoms with Crippen molar-refractivity contribution in [2.24, 2.45) is 0 Å². The first-order valence-electron chi connectivity index (χ1n) is 7.94. The average molecular weight is 399 g/mol. The standard InChI is InChI=1S/C19H19BrN4O/c1-19(2,15-5-7-16(20)8-6-15)18(25)23-17-9-3-14(4-10-17)11-24-13-21-12-22-24/h3-10,12-13H,11H2,1-2H3,(H,23,25). The molecule has 2 aromatic carbocycles. The Morgan fingerprint density at radius 3 is 2.40 bits per heavy atom. The molecular formula is C19H19BrN4O. The Labute approximate surface area is 155 Å². The Morgan fingerprint density at radius 1 is 1.12 bits per heavy atom. The quantitative estimate of drug-likeness (QED) is 0.706. The fourth-order valence-electron chi connectivity index (χ4n) is 2.48. The topological polar surface area (TPSA) is 59.8 Å². The largest absolute Gasteiger partial charge is 0.325 e. The van der Waals surface area contributed by atoms with E-state index in [1.807, 2.05) is 62.4 Å². The Balaban J connectivity index is 1.68. The van der Waals surface area contributed by atoms with Crippen LogP contribution in [-0.2, 0) is 16.8 Å². The van der Waals surface area contributed by atoms with Gasteiger partial charge in [0.15, 0.2) is 0 Å². The molecule has 5 nitrogen and oxygen atoms in total. The lowest BCUT2D eigenvalue weighted by molar-refractivity contribution is -0.120. The highest BCUT2D eigenvalue weighted by molar-refractivity contribution is 9.10. The van der Waals surface area contributed by atoms with Gasteiger partial charge < -0.3 is 5.32 Å². The number of anilines is 1. The highest BCUT2D eigenvalue weighted by atomic mass is 79.9. The summed E-state index contributed by atoms with van der Waals surface area (Å²) in [6.45, 7) is 4.49. The minimum absolute atomic E-state index is 0.0427. The van der Waals surface area contributed by atoms with Crippen LogP contribution in [0.25, 0.3) is 0 Å². The van der Waals surface area contributed by atoms with E-state index in [4.69, 9.17) is 0 Å². The molecule has 0 saturated heterocycles. The molecule has 0 fully saturated rings. The molecule has 3 rings (SSSR count). The second-order valence-corrected chi connectivity index (χ2v) is 7.29. The van der Waals surface area contributed by atoms with Gasteiger partial charge in [0.2, 0.25) is 5.91 Å². The van der Waals surface area contributed by atoms with Crippen molar-refractivity contribution in [2.75, 3.05) is 5.32 Å². The summed E-state index contributed by atoms with van der Waals surface area (Å²) >= 11 is 3.42. The van der Waals surface area contributed by atoms with E-state index in [2.05, 4.69) is 31.3 Å². The van der Waals surface area contributed by atoms with Gasteiger partial charge in [0, 0.05) is 10.2 Å². The lowest BCUT2D eigenvalue weighted by Crippen LogP contribution is -2.34. The summed E-state index contributed by atoms with van der Waals surface area (Å²) in [5.41, 5.74) is 2.21. The highest BCUT2D eigenvalue weighted by Crippen LogP contribution is 2.26. The zero-order chi connectivity index (χ0) is 17.9. The summed E-state index contributed by atoms with van der Waals surface area (Å²) in [5.74, 6) is -0.0427. The van der Waals surface area contributed by atoms with Crippen molar-refractivity contribution >= 4 is 27.5 Å². The van der Waals surface area contributed by atoms with Crippen molar-refractivity contribution in [1.82, 2.24) is 14.8 Å². The average Bonchev–Trinajstić information content (AvgIpc) is 3.10. The number of amides is 1. The predicted octanol–water partition coefficient (Wildman–Crippen LogP) is 4.01. The van der Waals surface area contributed by atoms with Crippen LogP contribution >= 0.6 is 15.9 Å². The highest BCUT2D eigenvalue weighted by Gasteiger charge is 2.29.